The summed E-state index contributed by atoms with van der Waals surface area (Å²) < 4.78 is 26.8. The van der Waals surface area contributed by atoms with Crippen molar-refractivity contribution in [2.24, 2.45) is 5.41 Å². The normalized spacial score (nSPS) is 27.8. The van der Waals surface area contributed by atoms with Gasteiger partial charge in [0.25, 0.3) is 0 Å². The average molecular weight is 401 g/mol. The molecule has 3 rings (SSSR count). The van der Waals surface area contributed by atoms with Crippen LogP contribution in [0.2, 0.25) is 0 Å². The molecule has 0 saturated carbocycles. The third-order valence-electron chi connectivity index (χ3n) is 5.74. The number of likely N-dealkylation sites (tertiary alicyclic amines) is 1. The first-order chi connectivity index (χ1) is 12.4. The van der Waals surface area contributed by atoms with E-state index in [9.17, 15) is 13.2 Å². The molecule has 1 aromatic rings. The Labute approximate surface area is 159 Å². The maximum absolute atomic E-state index is 13.2. The molecule has 2 atom stereocenters. The first-order valence-corrected chi connectivity index (χ1v) is 11.8. The van der Waals surface area contributed by atoms with Crippen LogP contribution in [0, 0.1) is 5.41 Å². The summed E-state index contributed by atoms with van der Waals surface area (Å²) >= 11 is 1.55. The minimum absolute atomic E-state index is 0.00170. The highest BCUT2D eigenvalue weighted by molar-refractivity contribution is 7.89. The molecule has 2 saturated heterocycles. The van der Waals surface area contributed by atoms with Crippen molar-refractivity contribution >= 4 is 27.3 Å². The number of aromatic nitrogens is 1. The summed E-state index contributed by atoms with van der Waals surface area (Å²) in [6.45, 7) is 4.15. The number of sulfonamides is 1. The largest absolute Gasteiger partial charge is 0.355 e. The summed E-state index contributed by atoms with van der Waals surface area (Å²) in [5.74, 6) is 0.0798. The van der Waals surface area contributed by atoms with Gasteiger partial charge in [0, 0.05) is 31.4 Å². The van der Waals surface area contributed by atoms with Crippen molar-refractivity contribution in [1.82, 2.24) is 19.5 Å². The first-order valence-electron chi connectivity index (χ1n) is 9.22. The molecule has 2 aliphatic heterocycles. The smallest absolute Gasteiger partial charge is 0.227 e. The number of likely N-dealkylation sites (N-methyl/N-ethyl adjacent to an activating group) is 1. The molecule has 9 heteroatoms. The highest BCUT2D eigenvalue weighted by Gasteiger charge is 2.54. The fourth-order valence-corrected chi connectivity index (χ4v) is 6.19. The van der Waals surface area contributed by atoms with Crippen molar-refractivity contribution in [3.05, 3.63) is 16.6 Å². The lowest BCUT2D eigenvalue weighted by atomic mass is 9.68. The number of carbonyl (C=O) groups is 1. The lowest BCUT2D eigenvalue weighted by Crippen LogP contribution is -2.66. The van der Waals surface area contributed by atoms with E-state index in [4.69, 9.17) is 0 Å². The Hall–Kier alpha value is -1.03. The number of hydrogen-bond donors (Lipinski definition) is 1. The second-order valence-corrected chi connectivity index (χ2v) is 10.2. The van der Waals surface area contributed by atoms with Crippen LogP contribution in [0.4, 0.5) is 0 Å². The highest BCUT2D eigenvalue weighted by Crippen LogP contribution is 2.43. The number of thiazole rings is 1. The van der Waals surface area contributed by atoms with Gasteiger partial charge in [-0.3, -0.25) is 4.79 Å². The van der Waals surface area contributed by atoms with Crippen LogP contribution < -0.4 is 5.32 Å². The molecule has 26 heavy (non-hydrogen) atoms. The molecule has 7 nitrogen and oxygen atoms in total. The number of carbonyl (C=O) groups excluding carboxylic acids is 1. The van der Waals surface area contributed by atoms with Crippen molar-refractivity contribution in [3.8, 4) is 0 Å². The molecule has 1 N–H and O–H groups in total. The molecular weight excluding hydrogens is 372 g/mol. The molecule has 0 radical (unpaired) electrons. The van der Waals surface area contributed by atoms with Crippen molar-refractivity contribution in [2.75, 3.05) is 39.0 Å². The molecule has 3 heterocycles. The van der Waals surface area contributed by atoms with Crippen molar-refractivity contribution in [3.63, 3.8) is 0 Å². The Kier molecular flexibility index (Phi) is 6.01. The number of amides is 1. The predicted molar refractivity (Wildman–Crippen MR) is 103 cm³/mol. The van der Waals surface area contributed by atoms with Crippen LogP contribution >= 0.6 is 11.3 Å². The van der Waals surface area contributed by atoms with Gasteiger partial charge < -0.3 is 10.2 Å². The lowest BCUT2D eigenvalue weighted by Gasteiger charge is -2.52. The van der Waals surface area contributed by atoms with Crippen LogP contribution in [0.15, 0.2) is 10.9 Å². The maximum Gasteiger partial charge on any atom is 0.227 e. The number of piperidine rings is 2. The topological polar surface area (TPSA) is 82.6 Å². The minimum atomic E-state index is -3.32. The number of nitrogens with zero attached hydrogens (tertiary/aromatic N) is 3. The summed E-state index contributed by atoms with van der Waals surface area (Å²) in [7, 11) is -1.33. The Morgan fingerprint density at radius 3 is 2.92 bits per heavy atom. The van der Waals surface area contributed by atoms with Crippen molar-refractivity contribution in [2.45, 2.75) is 38.6 Å². The third kappa shape index (κ3) is 3.81. The van der Waals surface area contributed by atoms with E-state index in [1.807, 2.05) is 12.4 Å². The van der Waals surface area contributed by atoms with Gasteiger partial charge >= 0.3 is 0 Å². The van der Waals surface area contributed by atoms with Gasteiger partial charge in [-0.1, -0.05) is 0 Å². The average Bonchev–Trinajstić information content (AvgIpc) is 3.14. The van der Waals surface area contributed by atoms with Crippen LogP contribution in [0.25, 0.3) is 0 Å². The van der Waals surface area contributed by atoms with Gasteiger partial charge in [0.15, 0.2) is 0 Å². The zero-order valence-electron chi connectivity index (χ0n) is 15.5. The minimum Gasteiger partial charge on any atom is -0.355 e. The Balaban J connectivity index is 1.77. The summed E-state index contributed by atoms with van der Waals surface area (Å²) in [6, 6.07) is -0.278. The van der Waals surface area contributed by atoms with Crippen molar-refractivity contribution < 1.29 is 13.2 Å². The summed E-state index contributed by atoms with van der Waals surface area (Å²) in [4.78, 5) is 19.6. The van der Waals surface area contributed by atoms with E-state index in [-0.39, 0.29) is 17.7 Å². The van der Waals surface area contributed by atoms with E-state index in [2.05, 4.69) is 15.2 Å². The molecule has 0 bridgehead atoms. The van der Waals surface area contributed by atoms with Crippen LogP contribution in [-0.2, 0) is 21.2 Å². The van der Waals surface area contributed by atoms with Gasteiger partial charge in [-0.2, -0.15) is 4.31 Å². The predicted octanol–water partition coefficient (Wildman–Crippen LogP) is 0.938. The van der Waals surface area contributed by atoms with Crippen LogP contribution in [0.1, 0.15) is 31.9 Å². The Bertz CT molecular complexity index is 722. The molecule has 0 spiro atoms. The van der Waals surface area contributed by atoms with Crippen LogP contribution in [-0.4, -0.2) is 73.5 Å². The fourth-order valence-electron chi connectivity index (χ4n) is 4.20. The van der Waals surface area contributed by atoms with Gasteiger partial charge in [-0.25, -0.2) is 13.4 Å². The summed E-state index contributed by atoms with van der Waals surface area (Å²) in [6.07, 6.45) is 2.89. The first kappa shape index (κ1) is 19.7. The standard InChI is InChI=1S/C17H28N4O3S2/c1-3-26(23,24)21-9-4-6-17(7-10-20(2)11-15(17)21)16(22)18-8-5-14-12-25-13-19-14/h12-13,15H,3-11H2,1-2H3,(H,18,22)/t15-,17+/m0/s1. The molecule has 2 fully saturated rings. The molecule has 0 aromatic carbocycles. The molecule has 1 amide bonds. The number of nitrogens with one attached hydrogen (secondary N) is 1. The molecule has 0 aliphatic carbocycles. The van der Waals surface area contributed by atoms with E-state index in [1.54, 1.807) is 28.1 Å². The quantitative estimate of drug-likeness (QED) is 0.768. The van der Waals surface area contributed by atoms with Gasteiger partial charge in [0.2, 0.25) is 15.9 Å². The second-order valence-electron chi connectivity index (χ2n) is 7.28. The molecule has 1 aromatic heterocycles. The second kappa shape index (κ2) is 7.92. The molecule has 146 valence electrons. The molecule has 0 unspecified atom stereocenters. The number of fused-ring (bicyclic) bond motifs is 1. The van der Waals surface area contributed by atoms with Gasteiger partial charge in [-0.15, -0.1) is 11.3 Å². The van der Waals surface area contributed by atoms with E-state index >= 15 is 0 Å². The van der Waals surface area contributed by atoms with Crippen LogP contribution in [0.3, 0.4) is 0 Å². The van der Waals surface area contributed by atoms with Gasteiger partial charge in [-0.05, 0) is 39.8 Å². The van der Waals surface area contributed by atoms with E-state index in [1.165, 1.54) is 0 Å². The Morgan fingerprint density at radius 2 is 2.23 bits per heavy atom. The maximum atomic E-state index is 13.2. The zero-order valence-corrected chi connectivity index (χ0v) is 17.1. The monoisotopic (exact) mass is 400 g/mol. The fraction of sp³-hybridized carbons (Fsp3) is 0.765. The number of hydrogen-bond acceptors (Lipinski definition) is 6. The molecule has 2 aliphatic rings. The number of rotatable bonds is 6. The van der Waals surface area contributed by atoms with Gasteiger partial charge in [0.1, 0.15) is 0 Å². The SMILES string of the molecule is CCS(=O)(=O)N1CCC[C@@]2(C(=O)NCCc3cscn3)CCN(C)C[C@H]12. The third-order valence-corrected chi connectivity index (χ3v) is 8.25. The van der Waals surface area contributed by atoms with E-state index in [0.29, 0.717) is 32.5 Å². The highest BCUT2D eigenvalue weighted by atomic mass is 32.2. The summed E-state index contributed by atoms with van der Waals surface area (Å²) in [5, 5.41) is 5.06. The molecular formula is C17H28N4O3S2. The Morgan fingerprint density at radius 1 is 1.42 bits per heavy atom. The van der Waals surface area contributed by atoms with E-state index in [0.717, 1.165) is 25.1 Å². The zero-order chi connectivity index (χ0) is 18.8. The summed E-state index contributed by atoms with van der Waals surface area (Å²) in [5.41, 5.74) is 2.15. The van der Waals surface area contributed by atoms with Crippen LogP contribution in [0.5, 0.6) is 0 Å². The van der Waals surface area contributed by atoms with E-state index < -0.39 is 15.4 Å². The van der Waals surface area contributed by atoms with Crippen molar-refractivity contribution in [1.29, 1.82) is 0 Å². The van der Waals surface area contributed by atoms with Gasteiger partial charge in [0.05, 0.1) is 28.4 Å². The lowest BCUT2D eigenvalue weighted by molar-refractivity contribution is -0.140.